The van der Waals surface area contributed by atoms with Crippen molar-refractivity contribution in [3.05, 3.63) is 54.1 Å². The molecule has 0 bridgehead atoms. The Kier molecular flexibility index (Phi) is 6.97. The quantitative estimate of drug-likeness (QED) is 0.300. The molecular formula is C30H39B. The van der Waals surface area contributed by atoms with E-state index >= 15 is 0 Å². The van der Waals surface area contributed by atoms with Crippen LogP contribution < -0.4 is 5.46 Å². The summed E-state index contributed by atoms with van der Waals surface area (Å²) in [6.07, 6.45) is 19.9. The monoisotopic (exact) mass is 410 g/mol. The lowest BCUT2D eigenvalue weighted by Crippen LogP contribution is -2.23. The molecule has 2 fully saturated rings. The molecule has 2 aliphatic rings. The average Bonchev–Trinajstić information content (AvgIpc) is 2.76. The Hall–Kier alpha value is -1.76. The fraction of sp³-hybridized carbons (Fsp3) is 0.533. The van der Waals surface area contributed by atoms with Crippen molar-refractivity contribution in [3.63, 3.8) is 0 Å². The van der Waals surface area contributed by atoms with E-state index in [1.807, 2.05) is 0 Å². The summed E-state index contributed by atoms with van der Waals surface area (Å²) in [5.74, 6) is 1.59. The topological polar surface area (TPSA) is 0 Å². The summed E-state index contributed by atoms with van der Waals surface area (Å²) in [6, 6.07) is 18.9. The zero-order chi connectivity index (χ0) is 20.9. The van der Waals surface area contributed by atoms with Gasteiger partial charge in [0.2, 0.25) is 0 Å². The smallest absolute Gasteiger partial charge is 0.0688 e. The van der Waals surface area contributed by atoms with Crippen molar-refractivity contribution in [2.45, 2.75) is 102 Å². The van der Waals surface area contributed by atoms with Crippen LogP contribution in [0.3, 0.4) is 0 Å². The van der Waals surface area contributed by atoms with Crippen LogP contribution in [0.5, 0.6) is 0 Å². The molecule has 0 radical (unpaired) electrons. The predicted octanol–water partition coefficient (Wildman–Crippen LogP) is 8.42. The molecule has 5 rings (SSSR count). The van der Waals surface area contributed by atoms with E-state index in [0.717, 1.165) is 11.7 Å². The molecule has 2 saturated carbocycles. The van der Waals surface area contributed by atoms with E-state index in [1.165, 1.54) is 97.2 Å². The lowest BCUT2D eigenvalue weighted by Gasteiger charge is -2.26. The zero-order valence-electron chi connectivity index (χ0n) is 19.4. The van der Waals surface area contributed by atoms with Crippen LogP contribution in [-0.2, 0) is 0 Å². The molecule has 0 spiro atoms. The summed E-state index contributed by atoms with van der Waals surface area (Å²) in [7, 11) is 1.27. The second-order valence-electron chi connectivity index (χ2n) is 10.4. The summed E-state index contributed by atoms with van der Waals surface area (Å²) in [5.41, 5.74) is 3.32. The maximum absolute atomic E-state index is 2.44. The summed E-state index contributed by atoms with van der Waals surface area (Å²) < 4.78 is 0. The minimum absolute atomic E-state index is 0.727. The van der Waals surface area contributed by atoms with Gasteiger partial charge in [-0.1, -0.05) is 137 Å². The maximum Gasteiger partial charge on any atom is 0.162 e. The molecule has 0 nitrogen and oxygen atoms in total. The molecule has 31 heavy (non-hydrogen) atoms. The molecule has 0 N–H and O–H groups in total. The van der Waals surface area contributed by atoms with Crippen LogP contribution in [0.2, 0.25) is 5.82 Å². The van der Waals surface area contributed by atoms with Gasteiger partial charge in [-0.15, -0.1) is 0 Å². The van der Waals surface area contributed by atoms with Gasteiger partial charge in [0, 0.05) is 0 Å². The number of fused-ring (bicyclic) bond motifs is 2. The Morgan fingerprint density at radius 1 is 0.484 bits per heavy atom. The predicted molar refractivity (Wildman–Crippen MR) is 139 cm³/mol. The van der Waals surface area contributed by atoms with Gasteiger partial charge in [0.1, 0.15) is 0 Å². The van der Waals surface area contributed by atoms with Gasteiger partial charge in [0.05, 0.1) is 0 Å². The molecule has 3 aromatic rings. The van der Waals surface area contributed by atoms with E-state index in [9.17, 15) is 0 Å². The molecule has 0 atom stereocenters. The van der Waals surface area contributed by atoms with Gasteiger partial charge in [0.15, 0.2) is 7.28 Å². The van der Waals surface area contributed by atoms with Crippen LogP contribution >= 0.6 is 0 Å². The fourth-order valence-corrected chi connectivity index (χ4v) is 6.69. The lowest BCUT2D eigenvalue weighted by molar-refractivity contribution is 0.459. The molecule has 0 saturated heterocycles. The van der Waals surface area contributed by atoms with Crippen molar-refractivity contribution in [3.8, 4) is 0 Å². The first-order valence-corrected chi connectivity index (χ1v) is 13.3. The minimum atomic E-state index is 0.727. The van der Waals surface area contributed by atoms with Crippen molar-refractivity contribution in [2.24, 2.45) is 0 Å². The van der Waals surface area contributed by atoms with Gasteiger partial charge >= 0.3 is 0 Å². The first-order chi connectivity index (χ1) is 15.4. The highest BCUT2D eigenvalue weighted by atomic mass is 14.2. The van der Waals surface area contributed by atoms with E-state index in [2.05, 4.69) is 48.5 Å². The maximum atomic E-state index is 2.44. The van der Waals surface area contributed by atoms with Crippen LogP contribution in [0.25, 0.3) is 21.5 Å². The molecule has 0 aliphatic heterocycles. The molecule has 0 amide bonds. The van der Waals surface area contributed by atoms with Gasteiger partial charge in [-0.3, -0.25) is 0 Å². The van der Waals surface area contributed by atoms with E-state index in [-0.39, 0.29) is 0 Å². The number of rotatable bonds is 3. The third-order valence-electron chi connectivity index (χ3n) is 8.32. The van der Waals surface area contributed by atoms with Gasteiger partial charge in [-0.25, -0.2) is 0 Å². The Morgan fingerprint density at radius 2 is 0.903 bits per heavy atom. The number of hydrogen-bond acceptors (Lipinski definition) is 0. The van der Waals surface area contributed by atoms with Crippen molar-refractivity contribution in [1.29, 1.82) is 0 Å². The fourth-order valence-electron chi connectivity index (χ4n) is 6.69. The average molecular weight is 410 g/mol. The van der Waals surface area contributed by atoms with Crippen LogP contribution in [0.4, 0.5) is 0 Å². The molecule has 0 unspecified atom stereocenters. The molecular weight excluding hydrogens is 371 g/mol. The van der Waals surface area contributed by atoms with Crippen LogP contribution in [0, 0.1) is 0 Å². The molecule has 0 aromatic heterocycles. The highest BCUT2D eigenvalue weighted by molar-refractivity contribution is 6.62. The normalized spacial score (nSPS) is 20.1. The van der Waals surface area contributed by atoms with Crippen molar-refractivity contribution in [1.82, 2.24) is 0 Å². The van der Waals surface area contributed by atoms with E-state index in [4.69, 9.17) is 0 Å². The summed E-state index contributed by atoms with van der Waals surface area (Å²) in [4.78, 5) is 0. The SMILES string of the molecule is B(c1c2ccccc2c(C2CCCCCCC2)c2ccccc12)C1CCCCCCC1. The van der Waals surface area contributed by atoms with Crippen molar-refractivity contribution in [2.75, 3.05) is 0 Å². The largest absolute Gasteiger partial charge is 0.162 e. The highest BCUT2D eigenvalue weighted by Crippen LogP contribution is 2.39. The minimum Gasteiger partial charge on any atom is -0.0688 e. The van der Waals surface area contributed by atoms with Crippen LogP contribution in [-0.4, -0.2) is 7.28 Å². The van der Waals surface area contributed by atoms with Gasteiger partial charge in [0.25, 0.3) is 0 Å². The standard InChI is InChI=1S/C30H39B/c1-3-7-15-23(16-8-4-1)29-25-19-11-13-21-27(25)30(28-22-14-12-20-26(28)29)31-24-17-9-5-2-6-10-18-24/h11-14,19-24,31H,1-10,15-18H2. The summed E-state index contributed by atoms with van der Waals surface area (Å²) in [6.45, 7) is 0. The molecule has 162 valence electrons. The van der Waals surface area contributed by atoms with E-state index in [1.54, 1.807) is 32.6 Å². The second-order valence-corrected chi connectivity index (χ2v) is 10.4. The Balaban J connectivity index is 1.62. The number of benzene rings is 3. The first-order valence-electron chi connectivity index (χ1n) is 13.3. The molecule has 1 heteroatoms. The Bertz CT molecular complexity index is 931. The second kappa shape index (κ2) is 10.2. The van der Waals surface area contributed by atoms with Crippen molar-refractivity contribution < 1.29 is 0 Å². The Labute approximate surface area is 190 Å². The van der Waals surface area contributed by atoms with Crippen LogP contribution in [0.1, 0.15) is 101 Å². The highest BCUT2D eigenvalue weighted by Gasteiger charge is 2.23. The van der Waals surface area contributed by atoms with Crippen LogP contribution in [0.15, 0.2) is 48.5 Å². The third-order valence-corrected chi connectivity index (χ3v) is 8.32. The third kappa shape index (κ3) is 4.71. The molecule has 0 heterocycles. The Morgan fingerprint density at radius 3 is 1.42 bits per heavy atom. The first kappa shape index (κ1) is 21.1. The van der Waals surface area contributed by atoms with E-state index < -0.39 is 0 Å². The van der Waals surface area contributed by atoms with Gasteiger partial charge in [-0.2, -0.15) is 0 Å². The number of hydrogen-bond donors (Lipinski definition) is 0. The molecule has 2 aliphatic carbocycles. The van der Waals surface area contributed by atoms with Gasteiger partial charge < -0.3 is 0 Å². The van der Waals surface area contributed by atoms with Crippen molar-refractivity contribution >= 4 is 34.3 Å². The summed E-state index contributed by atoms with van der Waals surface area (Å²) in [5, 5.41) is 6.24. The molecule has 3 aromatic carbocycles. The van der Waals surface area contributed by atoms with E-state index in [0.29, 0.717) is 0 Å². The summed E-state index contributed by atoms with van der Waals surface area (Å²) >= 11 is 0. The zero-order valence-corrected chi connectivity index (χ0v) is 19.4. The van der Waals surface area contributed by atoms with Gasteiger partial charge in [-0.05, 0) is 45.9 Å². The lowest BCUT2D eigenvalue weighted by atomic mass is 9.53.